The monoisotopic (exact) mass is 828 g/mol. The molecular formula is C35H28Br3ClN2O5. The highest BCUT2D eigenvalue weighted by atomic mass is 79.9. The number of ketones is 1. The molecule has 46 heavy (non-hydrogen) atoms. The Hall–Kier alpha value is -2.92. The second kappa shape index (κ2) is 13.3. The van der Waals surface area contributed by atoms with Gasteiger partial charge in [0.2, 0.25) is 17.6 Å². The molecule has 0 spiro atoms. The number of benzene rings is 3. The molecule has 4 aromatic rings. The molecule has 1 aromatic heterocycles. The number of aromatic nitrogens is 1. The van der Waals surface area contributed by atoms with Crippen molar-refractivity contribution in [3.05, 3.63) is 92.9 Å². The summed E-state index contributed by atoms with van der Waals surface area (Å²) in [7, 11) is 0. The van der Waals surface area contributed by atoms with Crippen molar-refractivity contribution in [3.8, 4) is 11.3 Å². The number of hydrogen-bond donors (Lipinski definition) is 0. The average Bonchev–Trinajstić information content (AvgIpc) is 3.27. The van der Waals surface area contributed by atoms with Gasteiger partial charge in [-0.05, 0) is 74.2 Å². The zero-order valence-electron chi connectivity index (χ0n) is 24.8. The maximum Gasteiger partial charge on any atom is 0.339 e. The number of alkyl halides is 2. The van der Waals surface area contributed by atoms with E-state index >= 15 is 0 Å². The number of aryl methyl sites for hydroxylation is 1. The first-order valence-corrected chi connectivity index (χ1v) is 17.9. The van der Waals surface area contributed by atoms with E-state index in [9.17, 15) is 19.2 Å². The summed E-state index contributed by atoms with van der Waals surface area (Å²) in [4.78, 5) is 59.9. The minimum Gasteiger partial charge on any atom is -0.451 e. The quantitative estimate of drug-likeness (QED) is 0.0801. The van der Waals surface area contributed by atoms with E-state index in [0.717, 1.165) is 10.0 Å². The number of esters is 1. The fourth-order valence-corrected chi connectivity index (χ4v) is 8.16. The molecule has 0 radical (unpaired) electrons. The molecular weight excluding hydrogens is 804 g/mol. The van der Waals surface area contributed by atoms with E-state index in [2.05, 4.69) is 47.8 Å². The molecule has 2 amide bonds. The summed E-state index contributed by atoms with van der Waals surface area (Å²) in [5, 5.41) is 0.999. The lowest BCUT2D eigenvalue weighted by Crippen LogP contribution is -2.34. The third kappa shape index (κ3) is 6.21. The van der Waals surface area contributed by atoms with Crippen LogP contribution in [-0.4, -0.2) is 44.3 Å². The van der Waals surface area contributed by atoms with Crippen LogP contribution in [0.4, 0.5) is 5.69 Å². The van der Waals surface area contributed by atoms with E-state index in [4.69, 9.17) is 21.3 Å². The van der Waals surface area contributed by atoms with E-state index in [1.54, 1.807) is 48.5 Å². The van der Waals surface area contributed by atoms with Gasteiger partial charge in [0, 0.05) is 35.7 Å². The minimum absolute atomic E-state index is 0.124. The molecule has 3 aromatic carbocycles. The highest BCUT2D eigenvalue weighted by Gasteiger charge is 2.52. The first-order valence-electron chi connectivity index (χ1n) is 14.9. The second-order valence-electron chi connectivity index (χ2n) is 11.6. The largest absolute Gasteiger partial charge is 0.451 e. The highest BCUT2D eigenvalue weighted by molar-refractivity contribution is 9.12. The molecule has 0 N–H and O–H groups in total. The van der Waals surface area contributed by atoms with Crippen LogP contribution in [0.5, 0.6) is 0 Å². The molecule has 5 atom stereocenters. The highest BCUT2D eigenvalue weighted by Crippen LogP contribution is 2.44. The van der Waals surface area contributed by atoms with Gasteiger partial charge in [-0.15, -0.1) is 0 Å². The Kier molecular flexibility index (Phi) is 9.54. The molecule has 1 aliphatic heterocycles. The predicted molar refractivity (Wildman–Crippen MR) is 189 cm³/mol. The Bertz CT molecular complexity index is 1870. The van der Waals surface area contributed by atoms with Crippen molar-refractivity contribution in [2.45, 2.75) is 48.9 Å². The van der Waals surface area contributed by atoms with Crippen molar-refractivity contribution >= 4 is 99.5 Å². The summed E-state index contributed by atoms with van der Waals surface area (Å²) in [5.41, 5.74) is 3.85. The Balaban J connectivity index is 1.34. The van der Waals surface area contributed by atoms with Crippen LogP contribution >= 0.6 is 59.4 Å². The fourth-order valence-electron chi connectivity index (χ4n) is 6.23. The molecule has 5 unspecified atom stereocenters. The number of imide groups is 1. The standard InChI is InChI=1S/C35H28Br3ClN2O5/c1-3-18-11-21(36)13-24-27(35(45)46-17(2)32(42)20-5-4-6-22(39)12-20)16-30(40-31(18)24)19-7-9-23(10-8-19)41-33(43)25-14-28(37)29(38)15-26(25)34(41)44/h4-13,16-17,25-26,28-29H,3,14-15H2,1-2H3. The van der Waals surface area contributed by atoms with Gasteiger partial charge in [-0.1, -0.05) is 90.6 Å². The van der Waals surface area contributed by atoms with Crippen LogP contribution in [0.15, 0.2) is 71.2 Å². The van der Waals surface area contributed by atoms with Crippen molar-refractivity contribution in [2.75, 3.05) is 4.90 Å². The van der Waals surface area contributed by atoms with Gasteiger partial charge in [0.05, 0.1) is 34.3 Å². The number of nitrogens with zero attached hydrogens (tertiary/aromatic N) is 2. The molecule has 6 rings (SSSR count). The lowest BCUT2D eigenvalue weighted by atomic mass is 9.81. The number of carbonyl (C=O) groups excluding carboxylic acids is 4. The lowest BCUT2D eigenvalue weighted by molar-refractivity contribution is -0.122. The van der Waals surface area contributed by atoms with Crippen LogP contribution in [0.25, 0.3) is 22.2 Å². The van der Waals surface area contributed by atoms with Crippen LogP contribution < -0.4 is 4.90 Å². The van der Waals surface area contributed by atoms with E-state index in [1.165, 1.54) is 17.9 Å². The van der Waals surface area contributed by atoms with Crippen molar-refractivity contribution < 1.29 is 23.9 Å². The summed E-state index contributed by atoms with van der Waals surface area (Å²) in [5.74, 6) is -2.09. The number of halogens is 4. The van der Waals surface area contributed by atoms with Gasteiger partial charge >= 0.3 is 5.97 Å². The first kappa shape index (κ1) is 33.0. The van der Waals surface area contributed by atoms with Gasteiger partial charge in [0.1, 0.15) is 0 Å². The number of carbonyl (C=O) groups is 4. The smallest absolute Gasteiger partial charge is 0.339 e. The molecule has 236 valence electrons. The summed E-state index contributed by atoms with van der Waals surface area (Å²) in [6.07, 6.45) is 0.793. The zero-order chi connectivity index (χ0) is 32.9. The van der Waals surface area contributed by atoms with E-state index in [0.29, 0.717) is 57.7 Å². The van der Waals surface area contributed by atoms with Gasteiger partial charge in [-0.2, -0.15) is 0 Å². The number of hydrogen-bond acceptors (Lipinski definition) is 6. The maximum atomic E-state index is 13.7. The molecule has 2 heterocycles. The normalized spacial score (nSPS) is 21.7. The van der Waals surface area contributed by atoms with Crippen LogP contribution in [-0.2, 0) is 20.7 Å². The Morgan fingerprint density at radius 3 is 2.24 bits per heavy atom. The number of amides is 2. The predicted octanol–water partition coefficient (Wildman–Crippen LogP) is 8.73. The van der Waals surface area contributed by atoms with Gasteiger partial charge in [0.15, 0.2) is 6.10 Å². The number of pyridine rings is 1. The zero-order valence-corrected chi connectivity index (χ0v) is 30.3. The summed E-state index contributed by atoms with van der Waals surface area (Å²) in [6.45, 7) is 3.54. The van der Waals surface area contributed by atoms with Gasteiger partial charge in [-0.25, -0.2) is 9.78 Å². The Labute approximate surface area is 296 Å². The minimum atomic E-state index is -1.06. The first-order chi connectivity index (χ1) is 22.0. The molecule has 7 nitrogen and oxygen atoms in total. The number of fused-ring (bicyclic) bond motifs is 2. The SMILES string of the molecule is CCc1cc(Br)cc2c(C(=O)OC(C)C(=O)c3cccc(Cl)c3)cc(-c3ccc(N4C(=O)C5CC(Br)C(Br)CC5C4=O)cc3)nc12. The Morgan fingerprint density at radius 1 is 0.978 bits per heavy atom. The fraction of sp³-hybridized carbons (Fsp3) is 0.286. The van der Waals surface area contributed by atoms with Gasteiger partial charge in [0.25, 0.3) is 0 Å². The van der Waals surface area contributed by atoms with E-state index < -0.39 is 12.1 Å². The summed E-state index contributed by atoms with van der Waals surface area (Å²) >= 11 is 16.9. The van der Waals surface area contributed by atoms with Gasteiger partial charge in [-0.3, -0.25) is 19.3 Å². The van der Waals surface area contributed by atoms with Crippen LogP contribution in [0.2, 0.25) is 5.02 Å². The van der Waals surface area contributed by atoms with Crippen LogP contribution in [0.1, 0.15) is 53.0 Å². The third-order valence-corrected chi connectivity index (χ3v) is 12.1. The van der Waals surface area contributed by atoms with Crippen molar-refractivity contribution in [2.24, 2.45) is 11.8 Å². The number of anilines is 1. The molecule has 11 heteroatoms. The molecule has 2 aliphatic rings. The van der Waals surface area contributed by atoms with Crippen molar-refractivity contribution in [1.29, 1.82) is 0 Å². The molecule has 0 bridgehead atoms. The lowest BCUT2D eigenvalue weighted by Gasteiger charge is -2.29. The molecule has 1 saturated carbocycles. The topological polar surface area (TPSA) is 93.6 Å². The summed E-state index contributed by atoms with van der Waals surface area (Å²) in [6, 6.07) is 19.0. The van der Waals surface area contributed by atoms with Gasteiger partial charge < -0.3 is 4.74 Å². The van der Waals surface area contributed by atoms with E-state index in [1.807, 2.05) is 19.1 Å². The summed E-state index contributed by atoms with van der Waals surface area (Å²) < 4.78 is 6.50. The number of rotatable bonds is 7. The number of ether oxygens (including phenoxy) is 1. The molecule has 2 fully saturated rings. The average molecular weight is 832 g/mol. The van der Waals surface area contributed by atoms with Crippen LogP contribution in [0.3, 0.4) is 0 Å². The molecule has 1 aliphatic carbocycles. The third-order valence-electron chi connectivity index (χ3n) is 8.65. The Morgan fingerprint density at radius 2 is 1.63 bits per heavy atom. The van der Waals surface area contributed by atoms with Crippen molar-refractivity contribution in [1.82, 2.24) is 4.98 Å². The molecule has 1 saturated heterocycles. The number of Topliss-reactive ketones (excluding diaryl/α,β-unsaturated/α-hetero) is 1. The van der Waals surface area contributed by atoms with Crippen LogP contribution in [0, 0.1) is 11.8 Å². The maximum absolute atomic E-state index is 13.7. The second-order valence-corrected chi connectivity index (χ2v) is 15.3. The van der Waals surface area contributed by atoms with E-state index in [-0.39, 0.29) is 44.7 Å². The van der Waals surface area contributed by atoms with Crippen molar-refractivity contribution in [3.63, 3.8) is 0 Å².